The summed E-state index contributed by atoms with van der Waals surface area (Å²) in [5.41, 5.74) is 4.92. The molecule has 1 aliphatic rings. The molecule has 0 spiro atoms. The van der Waals surface area contributed by atoms with E-state index in [1.807, 2.05) is 76.4 Å². The topological polar surface area (TPSA) is 73.7 Å². The Hall–Kier alpha value is -3.54. The van der Waals surface area contributed by atoms with Gasteiger partial charge in [-0.2, -0.15) is 0 Å². The molecule has 0 unspecified atom stereocenters. The quantitative estimate of drug-likeness (QED) is 0.543. The smallest absolute Gasteiger partial charge is 0.338 e. The van der Waals surface area contributed by atoms with Crippen molar-refractivity contribution >= 4 is 11.7 Å². The number of aromatic nitrogens is 2. The second-order valence-electron chi connectivity index (χ2n) is 8.61. The number of aryl methyl sites for hydroxylation is 1. The maximum absolute atomic E-state index is 12.8. The average molecular weight is 415 g/mol. The largest absolute Gasteiger partial charge is 0.456 e. The molecular formula is C25H25N3O3. The number of oxime groups is 1. The first kappa shape index (κ1) is 20.7. The number of pyridine rings is 2. The van der Waals surface area contributed by atoms with Crippen LogP contribution in [0.1, 0.15) is 60.5 Å². The number of esters is 1. The molecule has 0 amide bonds. The molecule has 3 heterocycles. The molecule has 1 atom stereocenters. The van der Waals surface area contributed by atoms with Crippen LogP contribution in [0.3, 0.4) is 0 Å². The molecule has 0 saturated heterocycles. The second-order valence-corrected chi connectivity index (χ2v) is 8.61. The van der Waals surface area contributed by atoms with Crippen molar-refractivity contribution in [1.82, 2.24) is 9.97 Å². The molecule has 0 bridgehead atoms. The van der Waals surface area contributed by atoms with E-state index in [9.17, 15) is 4.79 Å². The van der Waals surface area contributed by atoms with E-state index in [2.05, 4.69) is 15.1 Å². The fourth-order valence-corrected chi connectivity index (χ4v) is 3.31. The zero-order chi connectivity index (χ0) is 22.0. The Morgan fingerprint density at radius 3 is 2.55 bits per heavy atom. The summed E-state index contributed by atoms with van der Waals surface area (Å²) >= 11 is 0. The lowest BCUT2D eigenvalue weighted by Gasteiger charge is -2.20. The molecule has 0 N–H and O–H groups in total. The molecule has 4 rings (SSSR count). The fraction of sp³-hybridized carbons (Fsp3) is 0.280. The lowest BCUT2D eigenvalue weighted by Crippen LogP contribution is -2.24. The Labute approximate surface area is 182 Å². The molecule has 0 fully saturated rings. The van der Waals surface area contributed by atoms with E-state index in [0.717, 1.165) is 33.8 Å². The van der Waals surface area contributed by atoms with Gasteiger partial charge >= 0.3 is 5.97 Å². The minimum absolute atomic E-state index is 0.248. The summed E-state index contributed by atoms with van der Waals surface area (Å²) in [4.78, 5) is 27.4. The van der Waals surface area contributed by atoms with Crippen LogP contribution in [0.5, 0.6) is 0 Å². The first-order chi connectivity index (χ1) is 14.8. The van der Waals surface area contributed by atoms with Crippen LogP contribution in [-0.2, 0) is 9.57 Å². The lowest BCUT2D eigenvalue weighted by molar-refractivity contribution is 0.00695. The molecular weight excluding hydrogens is 390 g/mol. The van der Waals surface area contributed by atoms with Crippen LogP contribution in [0.15, 0.2) is 66.1 Å². The van der Waals surface area contributed by atoms with Crippen molar-refractivity contribution in [3.63, 3.8) is 0 Å². The van der Waals surface area contributed by atoms with Gasteiger partial charge in [0.1, 0.15) is 5.60 Å². The minimum Gasteiger partial charge on any atom is -0.456 e. The monoisotopic (exact) mass is 415 g/mol. The Balaban J connectivity index is 1.69. The second kappa shape index (κ2) is 8.30. The Morgan fingerprint density at radius 1 is 1.06 bits per heavy atom. The van der Waals surface area contributed by atoms with Gasteiger partial charge in [-0.15, -0.1) is 0 Å². The van der Waals surface area contributed by atoms with Gasteiger partial charge in [-0.1, -0.05) is 17.3 Å². The normalized spacial score (nSPS) is 15.9. The fourth-order valence-electron chi connectivity index (χ4n) is 3.31. The van der Waals surface area contributed by atoms with Crippen LogP contribution in [-0.4, -0.2) is 27.2 Å². The van der Waals surface area contributed by atoms with Gasteiger partial charge in [0, 0.05) is 29.9 Å². The predicted octanol–water partition coefficient (Wildman–Crippen LogP) is 5.27. The first-order valence-corrected chi connectivity index (χ1v) is 10.2. The van der Waals surface area contributed by atoms with Gasteiger partial charge in [0.2, 0.25) is 0 Å². The summed E-state index contributed by atoms with van der Waals surface area (Å²) in [5, 5.41) is 4.29. The predicted molar refractivity (Wildman–Crippen MR) is 119 cm³/mol. The van der Waals surface area contributed by atoms with Gasteiger partial charge in [-0.05, 0) is 69.7 Å². The molecule has 1 aromatic carbocycles. The maximum Gasteiger partial charge on any atom is 0.338 e. The number of carbonyl (C=O) groups excluding carboxylic acids is 1. The van der Waals surface area contributed by atoms with E-state index >= 15 is 0 Å². The van der Waals surface area contributed by atoms with Crippen molar-refractivity contribution in [3.8, 4) is 11.3 Å². The van der Waals surface area contributed by atoms with Gasteiger partial charge in [-0.3, -0.25) is 9.97 Å². The van der Waals surface area contributed by atoms with Gasteiger partial charge in [0.15, 0.2) is 6.10 Å². The highest BCUT2D eigenvalue weighted by Crippen LogP contribution is 2.30. The van der Waals surface area contributed by atoms with Crippen LogP contribution in [0.4, 0.5) is 0 Å². The molecule has 6 nitrogen and oxygen atoms in total. The molecule has 31 heavy (non-hydrogen) atoms. The molecule has 6 heteroatoms. The van der Waals surface area contributed by atoms with Gasteiger partial charge in [0.25, 0.3) is 0 Å². The van der Waals surface area contributed by atoms with Crippen molar-refractivity contribution in [3.05, 3.63) is 83.3 Å². The molecule has 2 aromatic heterocycles. The summed E-state index contributed by atoms with van der Waals surface area (Å²) in [6.07, 6.45) is 3.86. The highest BCUT2D eigenvalue weighted by Gasteiger charge is 2.26. The average Bonchev–Trinajstić information content (AvgIpc) is 3.24. The van der Waals surface area contributed by atoms with Crippen molar-refractivity contribution in [1.29, 1.82) is 0 Å². The standard InChI is InChI=1S/C25H25N3O3/c1-16-8-9-20(27-15-16)17-11-18(13-19(12-17)24(29)30-25(2,3)4)22-14-23(31-28-22)21-7-5-6-10-26-21/h5-13,15,23H,14H2,1-4H3/t23-/m0/s1. The highest BCUT2D eigenvalue weighted by atomic mass is 16.6. The van der Waals surface area contributed by atoms with E-state index < -0.39 is 5.60 Å². The number of hydrogen-bond donors (Lipinski definition) is 0. The Kier molecular flexibility index (Phi) is 5.55. The number of carbonyl (C=O) groups is 1. The minimum atomic E-state index is -0.590. The highest BCUT2D eigenvalue weighted by molar-refractivity contribution is 6.04. The van der Waals surface area contributed by atoms with Gasteiger partial charge in [0.05, 0.1) is 22.7 Å². The summed E-state index contributed by atoms with van der Waals surface area (Å²) in [5.74, 6) is -0.386. The summed E-state index contributed by atoms with van der Waals surface area (Å²) < 4.78 is 5.60. The number of hydrogen-bond acceptors (Lipinski definition) is 6. The van der Waals surface area contributed by atoms with E-state index in [4.69, 9.17) is 9.57 Å². The van der Waals surface area contributed by atoms with E-state index in [1.54, 1.807) is 12.3 Å². The molecule has 158 valence electrons. The number of rotatable bonds is 4. The van der Waals surface area contributed by atoms with Crippen molar-refractivity contribution in [2.24, 2.45) is 5.16 Å². The third kappa shape index (κ3) is 4.97. The van der Waals surface area contributed by atoms with E-state index in [-0.39, 0.29) is 12.1 Å². The van der Waals surface area contributed by atoms with Crippen LogP contribution >= 0.6 is 0 Å². The number of benzene rings is 1. The molecule has 0 radical (unpaired) electrons. The van der Waals surface area contributed by atoms with Crippen LogP contribution in [0, 0.1) is 6.92 Å². The van der Waals surface area contributed by atoms with Crippen molar-refractivity contribution in [2.75, 3.05) is 0 Å². The van der Waals surface area contributed by atoms with Crippen LogP contribution < -0.4 is 0 Å². The van der Waals surface area contributed by atoms with E-state index in [0.29, 0.717) is 12.0 Å². The Bertz CT molecular complexity index is 1120. The third-order valence-electron chi connectivity index (χ3n) is 4.79. The third-order valence-corrected chi connectivity index (χ3v) is 4.79. The number of ether oxygens (including phenoxy) is 1. The van der Waals surface area contributed by atoms with Crippen LogP contribution in [0.2, 0.25) is 0 Å². The SMILES string of the molecule is Cc1ccc(-c2cc(C(=O)OC(C)(C)C)cc(C3=NO[C@H](c4ccccn4)C3)c2)nc1. The zero-order valence-electron chi connectivity index (χ0n) is 18.1. The summed E-state index contributed by atoms with van der Waals surface area (Å²) in [6, 6.07) is 15.2. The van der Waals surface area contributed by atoms with E-state index in [1.165, 1.54) is 0 Å². The van der Waals surface area contributed by atoms with Crippen molar-refractivity contribution < 1.29 is 14.4 Å². The maximum atomic E-state index is 12.8. The molecule has 1 aliphatic heterocycles. The lowest BCUT2D eigenvalue weighted by atomic mass is 9.97. The number of nitrogens with zero attached hydrogens (tertiary/aromatic N) is 3. The Morgan fingerprint density at radius 2 is 1.87 bits per heavy atom. The first-order valence-electron chi connectivity index (χ1n) is 10.2. The molecule has 3 aromatic rings. The molecule has 0 saturated carbocycles. The molecule has 0 aliphatic carbocycles. The summed E-state index contributed by atoms with van der Waals surface area (Å²) in [7, 11) is 0. The van der Waals surface area contributed by atoms with Gasteiger partial charge in [-0.25, -0.2) is 4.79 Å². The van der Waals surface area contributed by atoms with Crippen LogP contribution in [0.25, 0.3) is 11.3 Å². The summed E-state index contributed by atoms with van der Waals surface area (Å²) in [6.45, 7) is 7.54. The van der Waals surface area contributed by atoms with Crippen molar-refractivity contribution in [2.45, 2.75) is 45.8 Å². The zero-order valence-corrected chi connectivity index (χ0v) is 18.1. The van der Waals surface area contributed by atoms with Gasteiger partial charge < -0.3 is 9.57 Å².